The Bertz CT molecular complexity index is 511. The van der Waals surface area contributed by atoms with Gasteiger partial charge in [-0.1, -0.05) is 17.7 Å². The van der Waals surface area contributed by atoms with Gasteiger partial charge in [0.05, 0.1) is 19.1 Å². The van der Waals surface area contributed by atoms with E-state index in [0.29, 0.717) is 31.9 Å². The van der Waals surface area contributed by atoms with Crippen LogP contribution in [0.15, 0.2) is 24.3 Å². The molecule has 0 saturated heterocycles. The van der Waals surface area contributed by atoms with Crippen molar-refractivity contribution in [2.24, 2.45) is 0 Å². The molecular formula is C19H29NO4. The van der Waals surface area contributed by atoms with Crippen molar-refractivity contribution in [3.05, 3.63) is 35.4 Å². The van der Waals surface area contributed by atoms with Gasteiger partial charge in [0.15, 0.2) is 0 Å². The molecule has 0 radical (unpaired) electrons. The predicted molar refractivity (Wildman–Crippen MR) is 94.0 cm³/mol. The molecule has 1 amide bonds. The van der Waals surface area contributed by atoms with Gasteiger partial charge >= 0.3 is 5.97 Å². The van der Waals surface area contributed by atoms with Crippen LogP contribution in [0.4, 0.5) is 0 Å². The molecule has 0 atom stereocenters. The van der Waals surface area contributed by atoms with Crippen molar-refractivity contribution in [3.63, 3.8) is 0 Å². The number of aryl methyl sites for hydroxylation is 1. The highest BCUT2D eigenvalue weighted by Gasteiger charge is 2.17. The Kier molecular flexibility index (Phi) is 9.08. The molecule has 0 aromatic heterocycles. The topological polar surface area (TPSA) is 55.8 Å². The van der Waals surface area contributed by atoms with Crippen LogP contribution in [0, 0.1) is 6.92 Å². The first kappa shape index (κ1) is 20.2. The molecular weight excluding hydrogens is 306 g/mol. The zero-order chi connectivity index (χ0) is 17.9. The second-order valence-electron chi connectivity index (χ2n) is 5.99. The lowest BCUT2D eigenvalue weighted by Gasteiger charge is -2.23. The SMILES string of the molecule is CCOC(=O)CCN(CCCOC(C)C)C(=O)c1ccc(C)cc1. The van der Waals surface area contributed by atoms with E-state index < -0.39 is 0 Å². The Balaban J connectivity index is 2.65. The summed E-state index contributed by atoms with van der Waals surface area (Å²) >= 11 is 0. The Labute approximate surface area is 144 Å². The van der Waals surface area contributed by atoms with E-state index in [9.17, 15) is 9.59 Å². The Hall–Kier alpha value is -1.88. The average Bonchev–Trinajstić information content (AvgIpc) is 2.54. The van der Waals surface area contributed by atoms with Crippen molar-refractivity contribution in [2.45, 2.75) is 46.6 Å². The van der Waals surface area contributed by atoms with Crippen molar-refractivity contribution in [3.8, 4) is 0 Å². The van der Waals surface area contributed by atoms with Gasteiger partial charge in [0.25, 0.3) is 5.91 Å². The first-order valence-electron chi connectivity index (χ1n) is 8.57. The molecule has 0 unspecified atom stereocenters. The number of nitrogens with zero attached hydrogens (tertiary/aromatic N) is 1. The second-order valence-corrected chi connectivity index (χ2v) is 5.99. The third-order valence-corrected chi connectivity index (χ3v) is 3.50. The normalized spacial score (nSPS) is 10.7. The standard InChI is InChI=1S/C19H29NO4/c1-5-23-18(21)11-13-20(12-6-14-24-15(2)3)19(22)17-9-7-16(4)8-10-17/h7-10,15H,5-6,11-14H2,1-4H3. The van der Waals surface area contributed by atoms with Crippen molar-refractivity contribution < 1.29 is 19.1 Å². The summed E-state index contributed by atoms with van der Waals surface area (Å²) in [4.78, 5) is 26.0. The lowest BCUT2D eigenvalue weighted by molar-refractivity contribution is -0.143. The van der Waals surface area contributed by atoms with Gasteiger partial charge in [0.2, 0.25) is 0 Å². The van der Waals surface area contributed by atoms with E-state index in [1.54, 1.807) is 11.8 Å². The van der Waals surface area contributed by atoms with Crippen LogP contribution in [-0.2, 0) is 14.3 Å². The van der Waals surface area contributed by atoms with Gasteiger partial charge in [-0.05, 0) is 46.2 Å². The van der Waals surface area contributed by atoms with Crippen molar-refractivity contribution >= 4 is 11.9 Å². The highest BCUT2D eigenvalue weighted by atomic mass is 16.5. The molecule has 0 heterocycles. The minimum Gasteiger partial charge on any atom is -0.466 e. The van der Waals surface area contributed by atoms with Crippen LogP contribution >= 0.6 is 0 Å². The third-order valence-electron chi connectivity index (χ3n) is 3.50. The maximum absolute atomic E-state index is 12.7. The molecule has 5 heteroatoms. The number of carbonyl (C=O) groups is 2. The van der Waals surface area contributed by atoms with Crippen molar-refractivity contribution in [1.82, 2.24) is 4.90 Å². The minimum absolute atomic E-state index is 0.0659. The van der Waals surface area contributed by atoms with E-state index in [2.05, 4.69) is 0 Å². The number of hydrogen-bond donors (Lipinski definition) is 0. The summed E-state index contributed by atoms with van der Waals surface area (Å²) in [5.74, 6) is -0.346. The number of rotatable bonds is 10. The van der Waals surface area contributed by atoms with Gasteiger partial charge < -0.3 is 14.4 Å². The highest BCUT2D eigenvalue weighted by molar-refractivity contribution is 5.94. The first-order chi connectivity index (χ1) is 11.4. The van der Waals surface area contributed by atoms with Crippen LogP contribution in [0.1, 0.15) is 49.5 Å². The first-order valence-corrected chi connectivity index (χ1v) is 8.57. The molecule has 0 aliphatic heterocycles. The summed E-state index contributed by atoms with van der Waals surface area (Å²) in [6.45, 7) is 9.58. The summed E-state index contributed by atoms with van der Waals surface area (Å²) in [6.07, 6.45) is 1.11. The Morgan fingerprint density at radius 1 is 1.12 bits per heavy atom. The van der Waals surface area contributed by atoms with Crippen LogP contribution < -0.4 is 0 Å². The van der Waals surface area contributed by atoms with Gasteiger partial charge in [0, 0.05) is 25.3 Å². The van der Waals surface area contributed by atoms with Gasteiger partial charge in [-0.3, -0.25) is 9.59 Å². The van der Waals surface area contributed by atoms with Crippen molar-refractivity contribution in [1.29, 1.82) is 0 Å². The lowest BCUT2D eigenvalue weighted by atomic mass is 10.1. The van der Waals surface area contributed by atoms with Crippen LogP contribution in [0.5, 0.6) is 0 Å². The maximum atomic E-state index is 12.7. The zero-order valence-electron chi connectivity index (χ0n) is 15.2. The maximum Gasteiger partial charge on any atom is 0.307 e. The number of hydrogen-bond acceptors (Lipinski definition) is 4. The summed E-state index contributed by atoms with van der Waals surface area (Å²) in [6, 6.07) is 7.47. The summed E-state index contributed by atoms with van der Waals surface area (Å²) < 4.78 is 10.5. The smallest absolute Gasteiger partial charge is 0.307 e. The van der Waals surface area contributed by atoms with E-state index in [-0.39, 0.29) is 24.4 Å². The lowest BCUT2D eigenvalue weighted by Crippen LogP contribution is -2.34. The van der Waals surface area contributed by atoms with Gasteiger partial charge in [-0.2, -0.15) is 0 Å². The largest absolute Gasteiger partial charge is 0.466 e. The molecule has 24 heavy (non-hydrogen) atoms. The van der Waals surface area contributed by atoms with E-state index in [4.69, 9.17) is 9.47 Å². The molecule has 1 aromatic rings. The number of amides is 1. The van der Waals surface area contributed by atoms with Crippen molar-refractivity contribution in [2.75, 3.05) is 26.3 Å². The molecule has 0 fully saturated rings. The number of esters is 1. The zero-order valence-corrected chi connectivity index (χ0v) is 15.2. The fraction of sp³-hybridized carbons (Fsp3) is 0.579. The Morgan fingerprint density at radius 3 is 2.38 bits per heavy atom. The summed E-state index contributed by atoms with van der Waals surface area (Å²) in [5.41, 5.74) is 1.74. The van der Waals surface area contributed by atoms with Crippen LogP contribution in [0.25, 0.3) is 0 Å². The average molecular weight is 335 g/mol. The molecule has 0 spiro atoms. The molecule has 1 rings (SSSR count). The quantitative estimate of drug-likeness (QED) is 0.487. The third kappa shape index (κ3) is 7.59. The molecule has 5 nitrogen and oxygen atoms in total. The number of benzene rings is 1. The minimum atomic E-state index is -0.280. The molecule has 0 N–H and O–H groups in total. The van der Waals surface area contributed by atoms with Gasteiger partial charge in [0.1, 0.15) is 0 Å². The van der Waals surface area contributed by atoms with Crippen LogP contribution in [0.2, 0.25) is 0 Å². The van der Waals surface area contributed by atoms with Crippen LogP contribution in [0.3, 0.4) is 0 Å². The number of carbonyl (C=O) groups excluding carboxylic acids is 2. The molecule has 134 valence electrons. The van der Waals surface area contributed by atoms with E-state index in [0.717, 1.165) is 12.0 Å². The fourth-order valence-corrected chi connectivity index (χ4v) is 2.23. The molecule has 0 aliphatic rings. The Morgan fingerprint density at radius 2 is 1.79 bits per heavy atom. The second kappa shape index (κ2) is 10.8. The summed E-state index contributed by atoms with van der Waals surface area (Å²) in [5, 5.41) is 0. The predicted octanol–water partition coefficient (Wildman–Crippen LogP) is 3.21. The monoisotopic (exact) mass is 335 g/mol. The van der Waals surface area contributed by atoms with Crippen LogP contribution in [-0.4, -0.2) is 49.2 Å². The van der Waals surface area contributed by atoms with Gasteiger partial charge in [-0.25, -0.2) is 0 Å². The molecule has 0 bridgehead atoms. The molecule has 1 aromatic carbocycles. The molecule has 0 saturated carbocycles. The van der Waals surface area contributed by atoms with E-state index in [1.165, 1.54) is 0 Å². The fourth-order valence-electron chi connectivity index (χ4n) is 2.23. The summed E-state index contributed by atoms with van der Waals surface area (Å²) in [7, 11) is 0. The highest BCUT2D eigenvalue weighted by Crippen LogP contribution is 2.09. The molecule has 0 aliphatic carbocycles. The van der Waals surface area contributed by atoms with E-state index >= 15 is 0 Å². The van der Waals surface area contributed by atoms with E-state index in [1.807, 2.05) is 45.0 Å². The van der Waals surface area contributed by atoms with Gasteiger partial charge in [-0.15, -0.1) is 0 Å². The number of ether oxygens (including phenoxy) is 2.